The van der Waals surface area contributed by atoms with Crippen molar-refractivity contribution in [1.29, 1.82) is 0 Å². The number of rotatable bonds is 3. The Hall–Kier alpha value is -0.0800. The van der Waals surface area contributed by atoms with Crippen LogP contribution in [0.1, 0.15) is 46.0 Å². The van der Waals surface area contributed by atoms with Crippen molar-refractivity contribution in [2.24, 2.45) is 17.8 Å². The van der Waals surface area contributed by atoms with Gasteiger partial charge in [-0.3, -0.25) is 0 Å². The van der Waals surface area contributed by atoms with Gasteiger partial charge in [0.1, 0.15) is 0 Å². The lowest BCUT2D eigenvalue weighted by Gasteiger charge is -2.32. The van der Waals surface area contributed by atoms with Gasteiger partial charge in [0, 0.05) is 12.1 Å². The lowest BCUT2D eigenvalue weighted by Crippen LogP contribution is -2.49. The van der Waals surface area contributed by atoms with Gasteiger partial charge in [-0.2, -0.15) is 0 Å². The minimum atomic E-state index is 0.238. The Balaban J connectivity index is 1.53. The fraction of sp³-hybridized carbons (Fsp3) is 1.00. The molecule has 0 amide bonds. The number of ether oxygens (including phenoxy) is 1. The molecule has 3 fully saturated rings. The number of hydrogen-bond donors (Lipinski definition) is 1. The molecule has 1 N–H and O–H groups in total. The average Bonchev–Trinajstić information content (AvgIpc) is 2.93. The Morgan fingerprint density at radius 2 is 2.19 bits per heavy atom. The van der Waals surface area contributed by atoms with Gasteiger partial charge >= 0.3 is 0 Å². The Morgan fingerprint density at radius 3 is 2.75 bits per heavy atom. The molecule has 16 heavy (non-hydrogen) atoms. The van der Waals surface area contributed by atoms with Crippen LogP contribution in [0.2, 0.25) is 0 Å². The fourth-order valence-corrected chi connectivity index (χ4v) is 4.06. The van der Waals surface area contributed by atoms with Crippen molar-refractivity contribution in [3.8, 4) is 0 Å². The first-order chi connectivity index (χ1) is 7.67. The second kappa shape index (κ2) is 3.99. The van der Waals surface area contributed by atoms with E-state index in [9.17, 15) is 0 Å². The highest BCUT2D eigenvalue weighted by Crippen LogP contribution is 2.48. The van der Waals surface area contributed by atoms with Crippen LogP contribution in [0.15, 0.2) is 0 Å². The first-order valence-electron chi connectivity index (χ1n) is 7.04. The molecular formula is C14H25NO. The van der Waals surface area contributed by atoms with E-state index in [4.69, 9.17) is 4.74 Å². The van der Waals surface area contributed by atoms with Crippen LogP contribution in [0.5, 0.6) is 0 Å². The van der Waals surface area contributed by atoms with Crippen LogP contribution >= 0.6 is 0 Å². The summed E-state index contributed by atoms with van der Waals surface area (Å²) < 4.78 is 5.68. The third-order valence-corrected chi connectivity index (χ3v) is 5.54. The summed E-state index contributed by atoms with van der Waals surface area (Å²) in [5.74, 6) is 3.07. The molecule has 0 spiro atoms. The maximum absolute atomic E-state index is 5.68. The van der Waals surface area contributed by atoms with Crippen LogP contribution in [0, 0.1) is 17.8 Å². The minimum absolute atomic E-state index is 0.238. The first-order valence-corrected chi connectivity index (χ1v) is 7.04. The minimum Gasteiger partial charge on any atom is -0.377 e. The first kappa shape index (κ1) is 11.0. The molecule has 2 aliphatic carbocycles. The van der Waals surface area contributed by atoms with Crippen LogP contribution in [0.25, 0.3) is 0 Å². The van der Waals surface area contributed by atoms with Gasteiger partial charge in [-0.15, -0.1) is 0 Å². The highest BCUT2D eigenvalue weighted by Gasteiger charge is 2.42. The number of nitrogens with one attached hydrogen (secondary N) is 1. The molecule has 5 atom stereocenters. The molecule has 2 bridgehead atoms. The third kappa shape index (κ3) is 1.80. The largest absolute Gasteiger partial charge is 0.377 e. The lowest BCUT2D eigenvalue weighted by atomic mass is 9.87. The quantitative estimate of drug-likeness (QED) is 0.794. The van der Waals surface area contributed by atoms with E-state index in [1.54, 1.807) is 0 Å². The van der Waals surface area contributed by atoms with Crippen molar-refractivity contribution < 1.29 is 4.74 Å². The highest BCUT2D eigenvalue weighted by molar-refractivity contribution is 4.96. The Labute approximate surface area is 99.1 Å². The summed E-state index contributed by atoms with van der Waals surface area (Å²) in [4.78, 5) is 0. The van der Waals surface area contributed by atoms with E-state index in [-0.39, 0.29) is 5.54 Å². The average molecular weight is 223 g/mol. The van der Waals surface area contributed by atoms with Crippen LogP contribution < -0.4 is 5.32 Å². The molecule has 0 aromatic heterocycles. The summed E-state index contributed by atoms with van der Waals surface area (Å²) in [5.41, 5.74) is 0.238. The van der Waals surface area contributed by atoms with Gasteiger partial charge in [0.05, 0.1) is 6.10 Å². The molecule has 1 heterocycles. The summed E-state index contributed by atoms with van der Waals surface area (Å²) in [7, 11) is 0. The summed E-state index contributed by atoms with van der Waals surface area (Å²) in [6.07, 6.45) is 7.58. The highest BCUT2D eigenvalue weighted by atomic mass is 16.5. The molecule has 5 unspecified atom stereocenters. The molecule has 0 aromatic rings. The molecule has 1 aliphatic heterocycles. The van der Waals surface area contributed by atoms with Crippen LogP contribution in [-0.2, 0) is 4.74 Å². The van der Waals surface area contributed by atoms with Crippen molar-refractivity contribution in [2.45, 2.75) is 57.6 Å². The van der Waals surface area contributed by atoms with E-state index in [1.807, 2.05) is 0 Å². The summed E-state index contributed by atoms with van der Waals surface area (Å²) in [5, 5.41) is 3.81. The molecule has 0 radical (unpaired) electrons. The normalized spacial score (nSPS) is 51.4. The molecule has 0 aromatic carbocycles. The van der Waals surface area contributed by atoms with Crippen molar-refractivity contribution in [1.82, 2.24) is 5.32 Å². The maximum atomic E-state index is 5.68. The summed E-state index contributed by atoms with van der Waals surface area (Å²) in [6, 6.07) is 0. The van der Waals surface area contributed by atoms with E-state index in [2.05, 4.69) is 19.2 Å². The standard InChI is InChI=1S/C14H25NO/c1-10-14(2,5-6-16-10)15-9-13-8-11-3-4-12(13)7-11/h10-13,15H,3-9H2,1-2H3. The lowest BCUT2D eigenvalue weighted by molar-refractivity contribution is 0.0857. The Morgan fingerprint density at radius 1 is 1.31 bits per heavy atom. The second-order valence-corrected chi connectivity index (χ2v) is 6.50. The predicted molar refractivity (Wildman–Crippen MR) is 65.4 cm³/mol. The summed E-state index contributed by atoms with van der Waals surface area (Å²) in [6.45, 7) is 6.70. The smallest absolute Gasteiger partial charge is 0.0726 e. The zero-order valence-corrected chi connectivity index (χ0v) is 10.7. The van der Waals surface area contributed by atoms with Crippen LogP contribution in [0.4, 0.5) is 0 Å². The van der Waals surface area contributed by atoms with E-state index >= 15 is 0 Å². The van der Waals surface area contributed by atoms with Gasteiger partial charge in [-0.25, -0.2) is 0 Å². The van der Waals surface area contributed by atoms with Crippen molar-refractivity contribution in [3.05, 3.63) is 0 Å². The van der Waals surface area contributed by atoms with Gasteiger partial charge in [0.15, 0.2) is 0 Å². The van der Waals surface area contributed by atoms with E-state index in [0.717, 1.165) is 24.4 Å². The van der Waals surface area contributed by atoms with Crippen molar-refractivity contribution in [2.75, 3.05) is 13.2 Å². The van der Waals surface area contributed by atoms with E-state index < -0.39 is 0 Å². The van der Waals surface area contributed by atoms with Crippen LogP contribution in [0.3, 0.4) is 0 Å². The molecule has 2 heteroatoms. The third-order valence-electron chi connectivity index (χ3n) is 5.54. The molecule has 1 saturated heterocycles. The summed E-state index contributed by atoms with van der Waals surface area (Å²) >= 11 is 0. The van der Waals surface area contributed by atoms with Gasteiger partial charge in [0.25, 0.3) is 0 Å². The Kier molecular flexibility index (Phi) is 2.75. The molecular weight excluding hydrogens is 198 g/mol. The fourth-order valence-electron chi connectivity index (χ4n) is 4.06. The van der Waals surface area contributed by atoms with Gasteiger partial charge in [-0.05, 0) is 63.8 Å². The monoisotopic (exact) mass is 223 g/mol. The van der Waals surface area contributed by atoms with Crippen molar-refractivity contribution >= 4 is 0 Å². The second-order valence-electron chi connectivity index (χ2n) is 6.50. The molecule has 92 valence electrons. The Bertz CT molecular complexity index is 267. The maximum Gasteiger partial charge on any atom is 0.0726 e. The molecule has 2 nitrogen and oxygen atoms in total. The molecule has 2 saturated carbocycles. The SMILES string of the molecule is CC1OCCC1(C)NCC1CC2CCC1C2. The predicted octanol–water partition coefficient (Wildman–Crippen LogP) is 2.58. The van der Waals surface area contributed by atoms with Crippen molar-refractivity contribution in [3.63, 3.8) is 0 Å². The van der Waals surface area contributed by atoms with E-state index in [0.29, 0.717) is 6.10 Å². The topological polar surface area (TPSA) is 21.3 Å². The van der Waals surface area contributed by atoms with Gasteiger partial charge in [-0.1, -0.05) is 6.42 Å². The van der Waals surface area contributed by atoms with Gasteiger partial charge in [0.2, 0.25) is 0 Å². The van der Waals surface area contributed by atoms with Gasteiger partial charge < -0.3 is 10.1 Å². The number of hydrogen-bond acceptors (Lipinski definition) is 2. The zero-order chi connectivity index (χ0) is 11.2. The molecule has 3 rings (SSSR count). The number of fused-ring (bicyclic) bond motifs is 2. The zero-order valence-electron chi connectivity index (χ0n) is 10.7. The van der Waals surface area contributed by atoms with E-state index in [1.165, 1.54) is 38.6 Å². The van der Waals surface area contributed by atoms with Crippen LogP contribution in [-0.4, -0.2) is 24.8 Å². The molecule has 3 aliphatic rings.